The summed E-state index contributed by atoms with van der Waals surface area (Å²) in [5.74, 6) is -1.75. The molecule has 2 aliphatic rings. The zero-order valence-electron chi connectivity index (χ0n) is 46.5. The SMILES string of the molecule is CCCCC(=O)c1c2[nH]c(c1C(C)=O)C(c1ccccc1)/C(CCC)=C/C=C(\C)C(C1=CCCC=C1)/C(C)=C(C(C)=O)/C(C(=O)CC)=C(\CCC)C(c1ccccc1)/C(C)=C/C=C(\C(C)CC)C2c1ccccc1. The van der Waals surface area contributed by atoms with E-state index in [1.807, 2.05) is 25.1 Å². The van der Waals surface area contributed by atoms with Crippen LogP contribution in [-0.2, 0) is 9.59 Å². The van der Waals surface area contributed by atoms with Crippen molar-refractivity contribution in [3.05, 3.63) is 223 Å². The van der Waals surface area contributed by atoms with Gasteiger partial charge in [-0.05, 0) is 107 Å². The maximum Gasteiger partial charge on any atom is 0.165 e. The van der Waals surface area contributed by atoms with Gasteiger partial charge in [0.1, 0.15) is 0 Å². The lowest BCUT2D eigenvalue weighted by Gasteiger charge is -2.29. The third kappa shape index (κ3) is 12.9. The number of rotatable bonds is 18. The largest absolute Gasteiger partial charge is 0.359 e. The molecule has 1 aliphatic carbocycles. The number of ketones is 4. The van der Waals surface area contributed by atoms with Crippen molar-refractivity contribution in [2.24, 2.45) is 11.8 Å². The van der Waals surface area contributed by atoms with Crippen molar-refractivity contribution in [2.75, 3.05) is 0 Å². The first-order valence-electron chi connectivity index (χ1n) is 27.8. The van der Waals surface area contributed by atoms with Crippen molar-refractivity contribution in [2.45, 2.75) is 165 Å². The molecule has 1 N–H and O–H groups in total. The lowest BCUT2D eigenvalue weighted by Crippen LogP contribution is -2.21. The number of carbonyl (C=O) groups excluding carboxylic acids is 4. The van der Waals surface area contributed by atoms with Gasteiger partial charge in [-0.15, -0.1) is 0 Å². The fourth-order valence-electron chi connectivity index (χ4n) is 11.7. The molecule has 0 saturated carbocycles. The highest BCUT2D eigenvalue weighted by molar-refractivity contribution is 6.13. The highest BCUT2D eigenvalue weighted by Gasteiger charge is 2.37. The Morgan fingerprint density at radius 1 is 0.581 bits per heavy atom. The van der Waals surface area contributed by atoms with Gasteiger partial charge in [0.2, 0.25) is 0 Å². The predicted molar refractivity (Wildman–Crippen MR) is 309 cm³/mol. The molecule has 6 rings (SSSR count). The maximum absolute atomic E-state index is 15.3. The standard InChI is InChI=1S/C69H83NO4/c1-12-17-40-59(74)67-63(50(11)72)68-64(54-36-26-20-27-37-54)51(30-13-2)43-41-46(7)60(52-32-22-18-23-33-52)48(9)62(49(10)71)66(58(73)16-5)57(31-14-3)61(53-34-24-19-25-35-53)47(8)42-44-56(45(6)15-4)65(69(67)70-68)55-38-28-21-29-39-55/h19-22,24-29,32-39,41-45,60-61,64-65,70H,12-18,23,30-31,40H2,1-11H3/b46-41+,47-42+,51-43+,56-44+,62-48+,66-57+. The summed E-state index contributed by atoms with van der Waals surface area (Å²) in [5, 5.41) is 0. The highest BCUT2D eigenvalue weighted by Crippen LogP contribution is 2.47. The minimum absolute atomic E-state index is 0.0248. The number of allylic oxidation sites excluding steroid dienone is 16. The fourth-order valence-corrected chi connectivity index (χ4v) is 11.7. The first-order chi connectivity index (χ1) is 35.7. The molecule has 2 heterocycles. The lowest BCUT2D eigenvalue weighted by molar-refractivity contribution is -0.117. The maximum atomic E-state index is 15.3. The molecule has 0 amide bonds. The summed E-state index contributed by atoms with van der Waals surface area (Å²) in [4.78, 5) is 63.9. The Balaban J connectivity index is 1.94. The summed E-state index contributed by atoms with van der Waals surface area (Å²) in [6.07, 6.45) is 23.4. The van der Waals surface area contributed by atoms with E-state index < -0.39 is 11.8 Å². The molecule has 3 aromatic carbocycles. The summed E-state index contributed by atoms with van der Waals surface area (Å²) in [5.41, 5.74) is 13.8. The van der Waals surface area contributed by atoms with Crippen LogP contribution in [0.15, 0.2) is 184 Å². The molecule has 0 fully saturated rings. The second-order valence-electron chi connectivity index (χ2n) is 20.8. The van der Waals surface area contributed by atoms with E-state index >= 15 is 9.59 Å². The van der Waals surface area contributed by atoms with Gasteiger partial charge in [0.15, 0.2) is 23.1 Å². The number of unbranched alkanes of at least 4 members (excludes halogenated alkanes) is 1. The van der Waals surface area contributed by atoms with Gasteiger partial charge in [-0.1, -0.05) is 222 Å². The second-order valence-corrected chi connectivity index (χ2v) is 20.8. The molecule has 5 heteroatoms. The molecule has 0 saturated heterocycles. The van der Waals surface area contributed by atoms with Gasteiger partial charge in [0, 0.05) is 59.0 Å². The van der Waals surface area contributed by atoms with Gasteiger partial charge < -0.3 is 4.98 Å². The zero-order chi connectivity index (χ0) is 53.5. The average molecular weight is 990 g/mol. The molecule has 0 spiro atoms. The van der Waals surface area contributed by atoms with Crippen molar-refractivity contribution in [1.29, 1.82) is 0 Å². The Bertz CT molecular complexity index is 2890. The first-order valence-corrected chi connectivity index (χ1v) is 27.8. The Morgan fingerprint density at radius 3 is 1.65 bits per heavy atom. The molecule has 4 aromatic rings. The second kappa shape index (κ2) is 27.2. The van der Waals surface area contributed by atoms with Crippen LogP contribution in [0.2, 0.25) is 0 Å². The Kier molecular flexibility index (Phi) is 20.9. The monoisotopic (exact) mass is 990 g/mol. The van der Waals surface area contributed by atoms with Crippen LogP contribution in [0.4, 0.5) is 0 Å². The fraction of sp³-hybridized carbons (Fsp3) is 0.391. The molecule has 388 valence electrons. The zero-order valence-corrected chi connectivity index (χ0v) is 46.5. The van der Waals surface area contributed by atoms with Crippen LogP contribution >= 0.6 is 0 Å². The smallest absolute Gasteiger partial charge is 0.165 e. The van der Waals surface area contributed by atoms with E-state index in [1.54, 1.807) is 13.8 Å². The summed E-state index contributed by atoms with van der Waals surface area (Å²) < 4.78 is 0. The van der Waals surface area contributed by atoms with E-state index in [0.29, 0.717) is 41.5 Å². The van der Waals surface area contributed by atoms with E-state index in [0.717, 1.165) is 112 Å². The predicted octanol–water partition coefficient (Wildman–Crippen LogP) is 18.1. The van der Waals surface area contributed by atoms with Crippen LogP contribution < -0.4 is 0 Å². The summed E-state index contributed by atoms with van der Waals surface area (Å²) in [7, 11) is 0. The van der Waals surface area contributed by atoms with Gasteiger partial charge in [-0.25, -0.2) is 0 Å². The Morgan fingerprint density at radius 2 is 1.14 bits per heavy atom. The van der Waals surface area contributed by atoms with Gasteiger partial charge in [0.05, 0.1) is 11.1 Å². The molecule has 0 radical (unpaired) electrons. The summed E-state index contributed by atoms with van der Waals surface area (Å²) >= 11 is 0. The van der Waals surface area contributed by atoms with Crippen molar-refractivity contribution in [3.8, 4) is 0 Å². The number of nitrogens with one attached hydrogen (secondary N) is 1. The molecular formula is C69H83NO4. The molecular weight excluding hydrogens is 907 g/mol. The Labute approximate surface area is 444 Å². The summed E-state index contributed by atoms with van der Waals surface area (Å²) in [6, 6.07) is 31.3. The van der Waals surface area contributed by atoms with Crippen LogP contribution in [0.25, 0.3) is 0 Å². The van der Waals surface area contributed by atoms with E-state index in [2.05, 4.69) is 176 Å². The average Bonchev–Trinajstić information content (AvgIpc) is 3.80. The molecule has 5 unspecified atom stereocenters. The third-order valence-corrected chi connectivity index (χ3v) is 15.4. The van der Waals surface area contributed by atoms with E-state index in [9.17, 15) is 9.59 Å². The summed E-state index contributed by atoms with van der Waals surface area (Å²) in [6.45, 7) is 22.5. The molecule has 5 nitrogen and oxygen atoms in total. The van der Waals surface area contributed by atoms with Crippen LogP contribution in [0.3, 0.4) is 0 Å². The molecule has 2 bridgehead atoms. The van der Waals surface area contributed by atoms with Gasteiger partial charge in [0.25, 0.3) is 0 Å². The number of hydrogen-bond acceptors (Lipinski definition) is 4. The van der Waals surface area contributed by atoms with Crippen LogP contribution in [-0.4, -0.2) is 28.1 Å². The number of H-pyrrole nitrogens is 1. The first kappa shape index (κ1) is 56.8. The minimum Gasteiger partial charge on any atom is -0.359 e. The molecule has 74 heavy (non-hydrogen) atoms. The normalized spacial score (nSPS) is 24.3. The van der Waals surface area contributed by atoms with Crippen LogP contribution in [0.5, 0.6) is 0 Å². The quantitative estimate of drug-likeness (QED) is 0.101. The van der Waals surface area contributed by atoms with Crippen LogP contribution in [0, 0.1) is 11.8 Å². The number of benzene rings is 3. The number of aromatic nitrogens is 1. The highest BCUT2D eigenvalue weighted by atomic mass is 16.1. The van der Waals surface area contributed by atoms with E-state index in [1.165, 1.54) is 0 Å². The number of fused-ring (bicyclic) bond motifs is 2. The number of hydrogen-bond donors (Lipinski definition) is 1. The van der Waals surface area contributed by atoms with Gasteiger partial charge in [-0.3, -0.25) is 19.2 Å². The van der Waals surface area contributed by atoms with Crippen molar-refractivity contribution < 1.29 is 19.2 Å². The molecule has 1 aliphatic heterocycles. The molecule has 1 aromatic heterocycles. The number of carbonyl (C=O) groups is 4. The van der Waals surface area contributed by atoms with E-state index in [-0.39, 0.29) is 47.3 Å². The molecule has 5 atom stereocenters. The topological polar surface area (TPSA) is 84.1 Å². The van der Waals surface area contributed by atoms with E-state index in [4.69, 9.17) is 0 Å². The van der Waals surface area contributed by atoms with Gasteiger partial charge in [-0.2, -0.15) is 0 Å². The number of aromatic amines is 1. The number of Topliss-reactive ketones (excluding diaryl/α,β-unsaturated/α-hetero) is 4. The lowest BCUT2D eigenvalue weighted by atomic mass is 9.73. The van der Waals surface area contributed by atoms with Crippen molar-refractivity contribution >= 4 is 23.1 Å². The van der Waals surface area contributed by atoms with Crippen molar-refractivity contribution in [1.82, 2.24) is 4.98 Å². The van der Waals surface area contributed by atoms with Gasteiger partial charge >= 0.3 is 0 Å². The Hall–Kier alpha value is -6.46. The van der Waals surface area contributed by atoms with Crippen molar-refractivity contribution in [3.63, 3.8) is 0 Å². The third-order valence-electron chi connectivity index (χ3n) is 15.4. The van der Waals surface area contributed by atoms with Crippen LogP contribution in [0.1, 0.15) is 213 Å². The minimum atomic E-state index is -0.424.